The Hall–Kier alpha value is -1.51. The summed E-state index contributed by atoms with van der Waals surface area (Å²) in [5.41, 5.74) is 1.21. The second-order valence-electron chi connectivity index (χ2n) is 8.26. The van der Waals surface area contributed by atoms with Gasteiger partial charge in [-0.15, -0.1) is 0 Å². The second-order valence-corrected chi connectivity index (χ2v) is 8.26. The zero-order chi connectivity index (χ0) is 16.0. The fraction of sp³-hybridized carbons (Fsp3) is 0.650. The average molecular weight is 313 g/mol. The molecule has 1 aromatic carbocycles. The van der Waals surface area contributed by atoms with Gasteiger partial charge in [0.25, 0.3) is 5.91 Å². The third-order valence-corrected chi connectivity index (χ3v) is 6.10. The van der Waals surface area contributed by atoms with E-state index in [1.165, 1.54) is 38.5 Å². The lowest BCUT2D eigenvalue weighted by Gasteiger charge is -2.57. The summed E-state index contributed by atoms with van der Waals surface area (Å²) in [6, 6.07) is 7.90. The molecule has 0 heterocycles. The van der Waals surface area contributed by atoms with Crippen molar-refractivity contribution in [2.24, 2.45) is 17.8 Å². The number of aryl methyl sites for hydroxylation is 1. The second kappa shape index (κ2) is 5.54. The molecule has 1 amide bonds. The Kier molecular flexibility index (Phi) is 3.62. The highest BCUT2D eigenvalue weighted by molar-refractivity contribution is 5.81. The SMILES string of the molecule is Cc1cccc(O[C@H](C)C(=O)NC23CC4CC(CC(C4)C2)C3)c1. The van der Waals surface area contributed by atoms with E-state index < -0.39 is 6.10 Å². The standard InChI is InChI=1S/C20H27NO2/c1-13-4-3-5-18(6-13)23-14(2)19(22)21-20-10-15-7-16(11-20)9-17(8-15)12-20/h3-6,14-17H,7-12H2,1-2H3,(H,21,22)/t14-,15?,16?,17?,20?/m1/s1. The topological polar surface area (TPSA) is 38.3 Å². The maximum absolute atomic E-state index is 12.7. The summed E-state index contributed by atoms with van der Waals surface area (Å²) >= 11 is 0. The minimum atomic E-state index is -0.440. The highest BCUT2D eigenvalue weighted by atomic mass is 16.5. The molecule has 4 aliphatic rings. The number of amides is 1. The summed E-state index contributed by atoms with van der Waals surface area (Å²) in [6.07, 6.45) is 7.29. The number of nitrogens with one attached hydrogen (secondary N) is 1. The van der Waals surface area contributed by atoms with Gasteiger partial charge in [0, 0.05) is 5.54 Å². The Labute approximate surface area is 138 Å². The predicted octanol–water partition coefficient (Wildman–Crippen LogP) is 3.85. The molecule has 124 valence electrons. The van der Waals surface area contributed by atoms with Crippen LogP contribution >= 0.6 is 0 Å². The zero-order valence-electron chi connectivity index (χ0n) is 14.2. The summed E-state index contributed by atoms with van der Waals surface area (Å²) < 4.78 is 5.86. The van der Waals surface area contributed by atoms with Crippen LogP contribution in [-0.2, 0) is 4.79 Å². The van der Waals surface area contributed by atoms with E-state index in [1.54, 1.807) is 0 Å². The van der Waals surface area contributed by atoms with Crippen LogP contribution in [0.2, 0.25) is 0 Å². The van der Waals surface area contributed by atoms with Crippen LogP contribution in [0.4, 0.5) is 0 Å². The first-order chi connectivity index (χ1) is 11.0. The van der Waals surface area contributed by atoms with Crippen LogP contribution in [0.5, 0.6) is 5.75 Å². The number of rotatable bonds is 4. The van der Waals surface area contributed by atoms with Crippen molar-refractivity contribution >= 4 is 5.91 Å². The van der Waals surface area contributed by atoms with E-state index in [-0.39, 0.29) is 11.4 Å². The van der Waals surface area contributed by atoms with E-state index in [1.807, 2.05) is 38.1 Å². The number of benzene rings is 1. The van der Waals surface area contributed by atoms with Crippen molar-refractivity contribution in [3.63, 3.8) is 0 Å². The van der Waals surface area contributed by atoms with Crippen LogP contribution in [0.15, 0.2) is 24.3 Å². The van der Waals surface area contributed by atoms with E-state index in [4.69, 9.17) is 4.74 Å². The van der Waals surface area contributed by atoms with Gasteiger partial charge >= 0.3 is 0 Å². The lowest BCUT2D eigenvalue weighted by molar-refractivity contribution is -0.133. The Morgan fingerprint density at radius 3 is 2.35 bits per heavy atom. The molecular weight excluding hydrogens is 286 g/mol. The van der Waals surface area contributed by atoms with Gasteiger partial charge in [0.05, 0.1) is 0 Å². The Bertz CT molecular complexity index is 574. The van der Waals surface area contributed by atoms with Crippen LogP contribution in [0.25, 0.3) is 0 Å². The van der Waals surface area contributed by atoms with Gasteiger partial charge in [0.15, 0.2) is 6.10 Å². The molecule has 1 N–H and O–H groups in total. The smallest absolute Gasteiger partial charge is 0.261 e. The minimum Gasteiger partial charge on any atom is -0.481 e. The predicted molar refractivity (Wildman–Crippen MR) is 90.3 cm³/mol. The molecule has 1 aromatic rings. The van der Waals surface area contributed by atoms with Crippen molar-refractivity contribution in [1.29, 1.82) is 0 Å². The van der Waals surface area contributed by atoms with E-state index in [0.717, 1.165) is 29.1 Å². The molecule has 3 heteroatoms. The summed E-state index contributed by atoms with van der Waals surface area (Å²) in [7, 11) is 0. The highest BCUT2D eigenvalue weighted by Gasteiger charge is 2.51. The molecule has 0 radical (unpaired) electrons. The van der Waals surface area contributed by atoms with Gasteiger partial charge in [-0.05, 0) is 87.8 Å². The van der Waals surface area contributed by atoms with Crippen LogP contribution in [0.1, 0.15) is 51.0 Å². The number of carbonyl (C=O) groups excluding carboxylic acids is 1. The zero-order valence-corrected chi connectivity index (χ0v) is 14.2. The summed E-state index contributed by atoms with van der Waals surface area (Å²) in [6.45, 7) is 3.89. The Morgan fingerprint density at radius 1 is 1.17 bits per heavy atom. The Balaban J connectivity index is 1.41. The largest absolute Gasteiger partial charge is 0.481 e. The summed E-state index contributed by atoms with van der Waals surface area (Å²) in [4.78, 5) is 12.7. The van der Waals surface area contributed by atoms with Gasteiger partial charge in [-0.2, -0.15) is 0 Å². The molecular formula is C20H27NO2. The molecule has 4 saturated carbocycles. The van der Waals surface area contributed by atoms with Gasteiger partial charge in [-0.1, -0.05) is 12.1 Å². The summed E-state index contributed by atoms with van der Waals surface area (Å²) in [5.74, 6) is 3.35. The van der Waals surface area contributed by atoms with Crippen LogP contribution in [-0.4, -0.2) is 17.6 Å². The fourth-order valence-electron chi connectivity index (χ4n) is 5.57. The number of hydrogen-bond acceptors (Lipinski definition) is 2. The first-order valence-electron chi connectivity index (χ1n) is 9.07. The van der Waals surface area contributed by atoms with Crippen molar-refractivity contribution in [2.75, 3.05) is 0 Å². The lowest BCUT2D eigenvalue weighted by Crippen LogP contribution is -2.61. The average Bonchev–Trinajstić information content (AvgIpc) is 2.45. The van der Waals surface area contributed by atoms with Crippen molar-refractivity contribution in [3.8, 4) is 5.75 Å². The molecule has 0 aromatic heterocycles. The number of hydrogen-bond donors (Lipinski definition) is 1. The maximum Gasteiger partial charge on any atom is 0.261 e. The van der Waals surface area contributed by atoms with Crippen molar-refractivity contribution in [1.82, 2.24) is 5.32 Å². The molecule has 0 unspecified atom stereocenters. The van der Waals surface area contributed by atoms with Crippen LogP contribution < -0.4 is 10.1 Å². The van der Waals surface area contributed by atoms with E-state index in [0.29, 0.717) is 0 Å². The summed E-state index contributed by atoms with van der Waals surface area (Å²) in [5, 5.41) is 3.40. The molecule has 0 spiro atoms. The molecule has 1 atom stereocenters. The number of ether oxygens (including phenoxy) is 1. The molecule has 23 heavy (non-hydrogen) atoms. The third-order valence-electron chi connectivity index (χ3n) is 6.10. The molecule has 5 rings (SSSR count). The lowest BCUT2D eigenvalue weighted by atomic mass is 9.53. The fourth-order valence-corrected chi connectivity index (χ4v) is 5.57. The first-order valence-corrected chi connectivity index (χ1v) is 9.07. The first kappa shape index (κ1) is 15.0. The molecule has 0 saturated heterocycles. The van der Waals surface area contributed by atoms with Crippen LogP contribution in [0.3, 0.4) is 0 Å². The maximum atomic E-state index is 12.7. The van der Waals surface area contributed by atoms with Gasteiger partial charge in [0.2, 0.25) is 0 Å². The normalized spacial score (nSPS) is 35.8. The molecule has 4 aliphatic carbocycles. The van der Waals surface area contributed by atoms with Gasteiger partial charge in [-0.25, -0.2) is 0 Å². The van der Waals surface area contributed by atoms with Crippen molar-refractivity contribution in [2.45, 2.75) is 64.0 Å². The van der Waals surface area contributed by atoms with E-state index in [9.17, 15) is 4.79 Å². The molecule has 3 nitrogen and oxygen atoms in total. The number of carbonyl (C=O) groups is 1. The minimum absolute atomic E-state index is 0.0495. The van der Waals surface area contributed by atoms with Crippen LogP contribution in [0, 0.1) is 24.7 Å². The van der Waals surface area contributed by atoms with Crippen molar-refractivity contribution in [3.05, 3.63) is 29.8 Å². The molecule has 0 aliphatic heterocycles. The van der Waals surface area contributed by atoms with E-state index >= 15 is 0 Å². The quantitative estimate of drug-likeness (QED) is 0.917. The Morgan fingerprint density at radius 2 is 1.78 bits per heavy atom. The molecule has 4 fully saturated rings. The molecule has 4 bridgehead atoms. The highest BCUT2D eigenvalue weighted by Crippen LogP contribution is 2.55. The van der Waals surface area contributed by atoms with Gasteiger partial charge in [-0.3, -0.25) is 4.79 Å². The van der Waals surface area contributed by atoms with E-state index in [2.05, 4.69) is 5.32 Å². The monoisotopic (exact) mass is 313 g/mol. The van der Waals surface area contributed by atoms with Gasteiger partial charge in [0.1, 0.15) is 5.75 Å². The van der Waals surface area contributed by atoms with Crippen molar-refractivity contribution < 1.29 is 9.53 Å². The van der Waals surface area contributed by atoms with Gasteiger partial charge < -0.3 is 10.1 Å². The third kappa shape index (κ3) is 2.98.